The molecule has 0 saturated heterocycles. The largest absolute Gasteiger partial charge is 0.471 e. The van der Waals surface area contributed by atoms with Crippen LogP contribution < -0.4 is 21.3 Å². The van der Waals surface area contributed by atoms with Crippen LogP contribution in [-0.2, 0) is 14.1 Å². The molecule has 1 heterocycles. The second-order valence-electron chi connectivity index (χ2n) is 3.28. The molecule has 0 aliphatic carbocycles. The number of nitrogens with zero attached hydrogens (tertiary/aromatic N) is 3. The number of aryl methyl sites for hydroxylation is 1. The fourth-order valence-electron chi connectivity index (χ4n) is 1.16. The second kappa shape index (κ2) is 5.45. The molecule has 0 aliphatic heterocycles. The molecule has 0 radical (unpaired) electrons. The molecule has 0 atom stereocenters. The van der Waals surface area contributed by atoms with E-state index in [0.29, 0.717) is 13.2 Å². The lowest BCUT2D eigenvalue weighted by atomic mass is 10.6. The molecule has 0 fully saturated rings. The molecular weight excluding hydrogens is 212 g/mol. The molecule has 0 unspecified atom stereocenters. The highest BCUT2D eigenvalue weighted by molar-refractivity contribution is 5.01. The van der Waals surface area contributed by atoms with E-state index < -0.39 is 11.2 Å². The predicted octanol–water partition coefficient (Wildman–Crippen LogP) is -1.53. The van der Waals surface area contributed by atoms with Crippen LogP contribution in [0.2, 0.25) is 0 Å². The van der Waals surface area contributed by atoms with Crippen molar-refractivity contribution < 1.29 is 4.74 Å². The lowest BCUT2D eigenvalue weighted by Crippen LogP contribution is -2.39. The number of aromatic nitrogens is 3. The van der Waals surface area contributed by atoms with Crippen molar-refractivity contribution in [2.75, 3.05) is 19.7 Å². The van der Waals surface area contributed by atoms with Gasteiger partial charge in [-0.1, -0.05) is 6.92 Å². The molecule has 1 rings (SSSR count). The van der Waals surface area contributed by atoms with E-state index in [1.165, 1.54) is 14.1 Å². The molecule has 1 aromatic rings. The first kappa shape index (κ1) is 12.4. The Kier molecular flexibility index (Phi) is 4.24. The van der Waals surface area contributed by atoms with Crippen LogP contribution in [0, 0.1) is 0 Å². The highest BCUT2D eigenvalue weighted by atomic mass is 16.5. The number of hydrogen-bond donors (Lipinski definition) is 1. The first-order chi connectivity index (χ1) is 7.57. The Morgan fingerprint density at radius 3 is 2.69 bits per heavy atom. The van der Waals surface area contributed by atoms with Crippen molar-refractivity contribution in [3.05, 3.63) is 20.8 Å². The highest BCUT2D eigenvalue weighted by Gasteiger charge is 2.08. The fraction of sp³-hybridized carbons (Fsp3) is 0.667. The van der Waals surface area contributed by atoms with Gasteiger partial charge in [-0.05, 0) is 6.54 Å². The van der Waals surface area contributed by atoms with E-state index in [0.717, 1.165) is 15.8 Å². The third kappa shape index (κ3) is 2.69. The zero-order valence-corrected chi connectivity index (χ0v) is 9.69. The van der Waals surface area contributed by atoms with Gasteiger partial charge in [-0.3, -0.25) is 9.36 Å². The SMILES string of the molecule is CCNCCOc1nn(C)c(=O)n(C)c1=O. The summed E-state index contributed by atoms with van der Waals surface area (Å²) >= 11 is 0. The molecule has 1 aromatic heterocycles. The summed E-state index contributed by atoms with van der Waals surface area (Å²) in [6.07, 6.45) is 0. The summed E-state index contributed by atoms with van der Waals surface area (Å²) in [7, 11) is 2.86. The average molecular weight is 228 g/mol. The zero-order chi connectivity index (χ0) is 12.1. The Hall–Kier alpha value is -1.63. The average Bonchev–Trinajstić information content (AvgIpc) is 2.28. The minimum absolute atomic E-state index is 0.0532. The van der Waals surface area contributed by atoms with Gasteiger partial charge in [0.15, 0.2) is 0 Å². The Morgan fingerprint density at radius 2 is 2.06 bits per heavy atom. The van der Waals surface area contributed by atoms with Crippen molar-refractivity contribution in [1.29, 1.82) is 0 Å². The second-order valence-corrected chi connectivity index (χ2v) is 3.28. The minimum Gasteiger partial charge on any atom is -0.471 e. The molecule has 16 heavy (non-hydrogen) atoms. The molecule has 0 bridgehead atoms. The van der Waals surface area contributed by atoms with Crippen LogP contribution in [0.1, 0.15) is 6.92 Å². The van der Waals surface area contributed by atoms with E-state index >= 15 is 0 Å². The van der Waals surface area contributed by atoms with Crippen molar-refractivity contribution >= 4 is 0 Å². The van der Waals surface area contributed by atoms with Crippen molar-refractivity contribution in [3.63, 3.8) is 0 Å². The van der Waals surface area contributed by atoms with E-state index in [4.69, 9.17) is 4.74 Å². The van der Waals surface area contributed by atoms with Gasteiger partial charge >= 0.3 is 11.2 Å². The third-order valence-electron chi connectivity index (χ3n) is 2.06. The standard InChI is InChI=1S/C9H16N4O3/c1-4-10-5-6-16-7-8(14)12(2)9(15)13(3)11-7/h10H,4-6H2,1-3H3. The lowest BCUT2D eigenvalue weighted by Gasteiger charge is -2.07. The van der Waals surface area contributed by atoms with Crippen LogP contribution in [0.15, 0.2) is 9.59 Å². The van der Waals surface area contributed by atoms with Crippen LogP contribution in [-0.4, -0.2) is 34.0 Å². The van der Waals surface area contributed by atoms with Crippen LogP contribution in [0.3, 0.4) is 0 Å². The monoisotopic (exact) mass is 228 g/mol. The van der Waals surface area contributed by atoms with E-state index in [-0.39, 0.29) is 5.88 Å². The van der Waals surface area contributed by atoms with Crippen molar-refractivity contribution in [3.8, 4) is 5.88 Å². The molecule has 7 nitrogen and oxygen atoms in total. The van der Waals surface area contributed by atoms with Crippen LogP contribution in [0.5, 0.6) is 5.88 Å². The van der Waals surface area contributed by atoms with Gasteiger partial charge in [-0.25, -0.2) is 9.48 Å². The Balaban J connectivity index is 2.82. The molecule has 90 valence electrons. The summed E-state index contributed by atoms with van der Waals surface area (Å²) in [6.45, 7) is 3.78. The number of likely N-dealkylation sites (N-methyl/N-ethyl adjacent to an activating group) is 1. The summed E-state index contributed by atoms with van der Waals surface area (Å²) in [5, 5.41) is 6.80. The van der Waals surface area contributed by atoms with Gasteiger partial charge in [0.25, 0.3) is 5.88 Å². The number of ether oxygens (including phenoxy) is 1. The maximum Gasteiger partial charge on any atom is 0.347 e. The minimum atomic E-state index is -0.514. The van der Waals surface area contributed by atoms with E-state index in [9.17, 15) is 9.59 Å². The molecule has 7 heteroatoms. The van der Waals surface area contributed by atoms with Crippen molar-refractivity contribution in [1.82, 2.24) is 19.7 Å². The Bertz CT molecular complexity index is 463. The van der Waals surface area contributed by atoms with Gasteiger partial charge in [0, 0.05) is 20.6 Å². The van der Waals surface area contributed by atoms with Gasteiger partial charge in [-0.2, -0.15) is 0 Å². The quantitative estimate of drug-likeness (QED) is 0.618. The number of nitrogens with one attached hydrogen (secondary N) is 1. The van der Waals surface area contributed by atoms with E-state index in [1.807, 2.05) is 6.92 Å². The first-order valence-electron chi connectivity index (χ1n) is 5.05. The third-order valence-corrected chi connectivity index (χ3v) is 2.06. The lowest BCUT2D eigenvalue weighted by molar-refractivity contribution is 0.284. The van der Waals surface area contributed by atoms with Crippen LogP contribution in [0.4, 0.5) is 0 Å². The summed E-state index contributed by atoms with van der Waals surface area (Å²) in [4.78, 5) is 22.9. The molecule has 0 saturated carbocycles. The molecule has 0 spiro atoms. The van der Waals surface area contributed by atoms with E-state index in [2.05, 4.69) is 10.4 Å². The van der Waals surface area contributed by atoms with Gasteiger partial charge < -0.3 is 10.1 Å². The summed E-state index contributed by atoms with van der Waals surface area (Å²) in [5.41, 5.74) is -0.983. The maximum atomic E-state index is 11.5. The number of rotatable bonds is 5. The highest BCUT2D eigenvalue weighted by Crippen LogP contribution is 1.91. The molecule has 0 amide bonds. The van der Waals surface area contributed by atoms with Gasteiger partial charge in [-0.15, -0.1) is 5.10 Å². The summed E-state index contributed by atoms with van der Waals surface area (Å²) in [6, 6.07) is 0. The number of hydrogen-bond acceptors (Lipinski definition) is 5. The molecule has 0 aliphatic rings. The smallest absolute Gasteiger partial charge is 0.347 e. The van der Waals surface area contributed by atoms with E-state index in [1.54, 1.807) is 0 Å². The molecule has 1 N–H and O–H groups in total. The first-order valence-corrected chi connectivity index (χ1v) is 5.05. The predicted molar refractivity (Wildman–Crippen MR) is 58.8 cm³/mol. The fourth-order valence-corrected chi connectivity index (χ4v) is 1.16. The topological polar surface area (TPSA) is 78.2 Å². The van der Waals surface area contributed by atoms with Crippen LogP contribution >= 0.6 is 0 Å². The summed E-state index contributed by atoms with van der Waals surface area (Å²) in [5.74, 6) is -0.0532. The summed E-state index contributed by atoms with van der Waals surface area (Å²) < 4.78 is 7.23. The Labute approximate surface area is 92.7 Å². The Morgan fingerprint density at radius 1 is 1.38 bits per heavy atom. The normalized spacial score (nSPS) is 10.4. The van der Waals surface area contributed by atoms with Crippen molar-refractivity contribution in [2.45, 2.75) is 6.92 Å². The van der Waals surface area contributed by atoms with Gasteiger partial charge in [0.05, 0.1) is 0 Å². The van der Waals surface area contributed by atoms with Crippen molar-refractivity contribution in [2.24, 2.45) is 14.1 Å². The van der Waals surface area contributed by atoms with Crippen LogP contribution in [0.25, 0.3) is 0 Å². The van der Waals surface area contributed by atoms with Gasteiger partial charge in [0.1, 0.15) is 6.61 Å². The molecular formula is C9H16N4O3. The molecule has 0 aromatic carbocycles. The zero-order valence-electron chi connectivity index (χ0n) is 9.69. The van der Waals surface area contributed by atoms with Gasteiger partial charge in [0.2, 0.25) is 0 Å². The maximum absolute atomic E-state index is 11.5.